The van der Waals surface area contributed by atoms with E-state index in [9.17, 15) is 4.79 Å². The van der Waals surface area contributed by atoms with E-state index in [1.54, 1.807) is 7.05 Å². The molecule has 0 aliphatic carbocycles. The summed E-state index contributed by atoms with van der Waals surface area (Å²) in [6.07, 6.45) is 0. The van der Waals surface area contributed by atoms with E-state index in [1.165, 1.54) is 0 Å². The molecule has 0 bridgehead atoms. The van der Waals surface area contributed by atoms with Gasteiger partial charge in [-0.05, 0) is 0 Å². The minimum atomic E-state index is -0.373. The molecule has 0 unspecified atom stereocenters. The predicted molar refractivity (Wildman–Crippen MR) is 31.0 cm³/mol. The third-order valence-corrected chi connectivity index (χ3v) is 0.901. The Balaban J connectivity index is 2.51. The van der Waals surface area contributed by atoms with Crippen LogP contribution in [0.5, 0.6) is 0 Å². The number of nitrogens with one attached hydrogen (secondary N) is 2. The van der Waals surface area contributed by atoms with Crippen molar-refractivity contribution in [2.24, 2.45) is 4.99 Å². The Bertz CT molecular complexity index is 154. The summed E-state index contributed by atoms with van der Waals surface area (Å²) in [4.78, 5) is 18.7. The van der Waals surface area contributed by atoms with E-state index >= 15 is 0 Å². The Morgan fingerprint density at radius 2 is 2.56 bits per heavy atom. The summed E-state index contributed by atoms with van der Waals surface area (Å²) < 4.78 is 0. The second-order valence-electron chi connectivity index (χ2n) is 1.52. The Kier molecular flexibility index (Phi) is 1.64. The highest BCUT2D eigenvalue weighted by Gasteiger charge is 2.10. The van der Waals surface area contributed by atoms with Gasteiger partial charge in [0.05, 0.1) is 0 Å². The minimum Gasteiger partial charge on any atom is -0.292 e. The Morgan fingerprint density at radius 3 is 3.00 bits per heavy atom. The lowest BCUT2D eigenvalue weighted by atomic mass is 10.6. The van der Waals surface area contributed by atoms with Crippen molar-refractivity contribution in [3.8, 4) is 0 Å². The highest BCUT2D eigenvalue weighted by atomic mass is 16.7. The van der Waals surface area contributed by atoms with Gasteiger partial charge in [0, 0.05) is 7.05 Å². The van der Waals surface area contributed by atoms with Crippen molar-refractivity contribution in [2.75, 3.05) is 13.7 Å². The van der Waals surface area contributed by atoms with Gasteiger partial charge in [-0.3, -0.25) is 15.1 Å². The van der Waals surface area contributed by atoms with Gasteiger partial charge in [0.15, 0.2) is 0 Å². The van der Waals surface area contributed by atoms with Crippen molar-refractivity contribution in [2.45, 2.75) is 0 Å². The van der Waals surface area contributed by atoms with E-state index in [4.69, 9.17) is 0 Å². The molecule has 2 N–H and O–H groups in total. The molecule has 0 aromatic rings. The second-order valence-corrected chi connectivity index (χ2v) is 1.52. The van der Waals surface area contributed by atoms with Gasteiger partial charge in [0.2, 0.25) is 0 Å². The van der Waals surface area contributed by atoms with Crippen LogP contribution in [0.3, 0.4) is 0 Å². The molecule has 9 heavy (non-hydrogen) atoms. The maximum Gasteiger partial charge on any atom is 0.344 e. The van der Waals surface area contributed by atoms with Crippen molar-refractivity contribution < 1.29 is 9.63 Å². The van der Waals surface area contributed by atoms with Gasteiger partial charge < -0.3 is 0 Å². The van der Waals surface area contributed by atoms with E-state index in [2.05, 4.69) is 20.6 Å². The van der Waals surface area contributed by atoms with Gasteiger partial charge in [0.25, 0.3) is 0 Å². The molecule has 0 spiro atoms. The lowest BCUT2D eigenvalue weighted by Gasteiger charge is -2.14. The number of hydroxylamine groups is 1. The molecule has 1 saturated heterocycles. The van der Waals surface area contributed by atoms with Crippen LogP contribution in [0, 0.1) is 0 Å². The zero-order chi connectivity index (χ0) is 6.69. The molecular formula is C4H7N3O2. The summed E-state index contributed by atoms with van der Waals surface area (Å²) in [5.41, 5.74) is 2.12. The van der Waals surface area contributed by atoms with Crippen LogP contribution < -0.4 is 10.8 Å². The van der Waals surface area contributed by atoms with Crippen LogP contribution >= 0.6 is 0 Å². The molecule has 1 rings (SSSR count). The van der Waals surface area contributed by atoms with E-state index in [1.807, 2.05) is 0 Å². The van der Waals surface area contributed by atoms with Crippen molar-refractivity contribution in [3.05, 3.63) is 0 Å². The maximum atomic E-state index is 10.4. The summed E-state index contributed by atoms with van der Waals surface area (Å²) in [5.74, 6) is 0.541. The molecule has 1 aliphatic rings. The number of carbonyl (C=O) groups is 1. The normalized spacial score (nSPS) is 23.2. The second kappa shape index (κ2) is 2.45. The Labute approximate surface area is 52.1 Å². The van der Waals surface area contributed by atoms with Crippen molar-refractivity contribution >= 4 is 11.9 Å². The molecule has 5 heteroatoms. The van der Waals surface area contributed by atoms with E-state index < -0.39 is 0 Å². The van der Waals surface area contributed by atoms with Crippen molar-refractivity contribution in [1.29, 1.82) is 0 Å². The predicted octanol–water partition coefficient (Wildman–Crippen LogP) is -0.741. The first-order valence-electron chi connectivity index (χ1n) is 2.47. The number of hydrogen-bond acceptors (Lipinski definition) is 3. The molecule has 50 valence electrons. The Hall–Kier alpha value is -1.10. The summed E-state index contributed by atoms with van der Waals surface area (Å²) >= 11 is 0. The van der Waals surface area contributed by atoms with Crippen LogP contribution in [-0.4, -0.2) is 25.5 Å². The third-order valence-electron chi connectivity index (χ3n) is 0.901. The van der Waals surface area contributed by atoms with Gasteiger partial charge >= 0.3 is 6.03 Å². The molecule has 0 saturated carbocycles. The van der Waals surface area contributed by atoms with Gasteiger partial charge in [-0.2, -0.15) is 0 Å². The highest BCUT2D eigenvalue weighted by Crippen LogP contribution is 1.81. The van der Waals surface area contributed by atoms with Crippen LogP contribution in [0.1, 0.15) is 0 Å². The third kappa shape index (κ3) is 1.39. The monoisotopic (exact) mass is 129 g/mol. The SMILES string of the molecule is CN=C1CONC(=O)N1. The van der Waals surface area contributed by atoms with Crippen LogP contribution in [0.15, 0.2) is 4.99 Å². The summed E-state index contributed by atoms with van der Waals surface area (Å²) in [6.45, 7) is 0.308. The van der Waals surface area contributed by atoms with Crippen LogP contribution in [0.4, 0.5) is 4.79 Å². The number of carbonyl (C=O) groups excluding carboxylic acids is 1. The number of aliphatic imine (C=N–C) groups is 1. The average molecular weight is 129 g/mol. The van der Waals surface area contributed by atoms with E-state index in [0.717, 1.165) is 0 Å². The standard InChI is InChI=1S/C4H7N3O2/c1-5-3-2-9-7-4(8)6-3/h2H2,1H3,(H2,5,6,7,8). The summed E-state index contributed by atoms with van der Waals surface area (Å²) in [6, 6.07) is -0.373. The zero-order valence-electron chi connectivity index (χ0n) is 4.97. The highest BCUT2D eigenvalue weighted by molar-refractivity contribution is 5.99. The van der Waals surface area contributed by atoms with Crippen molar-refractivity contribution in [1.82, 2.24) is 10.8 Å². The molecule has 1 heterocycles. The molecule has 1 aliphatic heterocycles. The number of nitrogens with zero attached hydrogens (tertiary/aromatic N) is 1. The maximum absolute atomic E-state index is 10.4. The molecule has 0 atom stereocenters. The first-order chi connectivity index (χ1) is 4.33. The van der Waals surface area contributed by atoms with E-state index in [0.29, 0.717) is 12.4 Å². The number of amides is 2. The molecule has 0 aromatic carbocycles. The smallest absolute Gasteiger partial charge is 0.292 e. The zero-order valence-corrected chi connectivity index (χ0v) is 4.97. The van der Waals surface area contributed by atoms with Gasteiger partial charge in [-0.15, -0.1) is 0 Å². The molecular weight excluding hydrogens is 122 g/mol. The van der Waals surface area contributed by atoms with Crippen LogP contribution in [0.25, 0.3) is 0 Å². The number of urea groups is 1. The first-order valence-corrected chi connectivity index (χ1v) is 2.47. The molecule has 0 radical (unpaired) electrons. The topological polar surface area (TPSA) is 62.7 Å². The summed E-state index contributed by atoms with van der Waals surface area (Å²) in [5, 5.41) is 2.44. The van der Waals surface area contributed by atoms with Crippen LogP contribution in [-0.2, 0) is 4.84 Å². The number of hydrogen-bond donors (Lipinski definition) is 2. The molecule has 0 aromatic heterocycles. The summed E-state index contributed by atoms with van der Waals surface area (Å²) in [7, 11) is 1.59. The van der Waals surface area contributed by atoms with Gasteiger partial charge in [-0.25, -0.2) is 10.3 Å². The van der Waals surface area contributed by atoms with Gasteiger partial charge in [0.1, 0.15) is 12.4 Å². The number of rotatable bonds is 0. The van der Waals surface area contributed by atoms with Gasteiger partial charge in [-0.1, -0.05) is 0 Å². The molecule has 2 amide bonds. The van der Waals surface area contributed by atoms with Crippen molar-refractivity contribution in [3.63, 3.8) is 0 Å². The quantitative estimate of drug-likeness (QED) is 0.452. The van der Waals surface area contributed by atoms with E-state index in [-0.39, 0.29) is 6.03 Å². The number of amidine groups is 1. The van der Waals surface area contributed by atoms with Crippen LogP contribution in [0.2, 0.25) is 0 Å². The lowest BCUT2D eigenvalue weighted by Crippen LogP contribution is -2.47. The average Bonchev–Trinajstić information content (AvgIpc) is 1.88. The molecule has 1 fully saturated rings. The Morgan fingerprint density at radius 1 is 1.78 bits per heavy atom. The minimum absolute atomic E-state index is 0.308. The fourth-order valence-electron chi connectivity index (χ4n) is 0.483. The largest absolute Gasteiger partial charge is 0.344 e. The fourth-order valence-corrected chi connectivity index (χ4v) is 0.483. The fraction of sp³-hybridized carbons (Fsp3) is 0.500. The molecule has 5 nitrogen and oxygen atoms in total. The first kappa shape index (κ1) is 6.03. The lowest BCUT2D eigenvalue weighted by molar-refractivity contribution is 0.0787.